The molecule has 2 nitrogen and oxygen atoms in total. The highest BCUT2D eigenvalue weighted by molar-refractivity contribution is 5.89. The van der Waals surface area contributed by atoms with Crippen LogP contribution in [-0.2, 0) is 5.41 Å². The summed E-state index contributed by atoms with van der Waals surface area (Å²) >= 11 is 0. The average molecular weight is 679 g/mol. The van der Waals surface area contributed by atoms with Crippen LogP contribution in [0.25, 0.3) is 11.1 Å². The minimum absolute atomic E-state index is 0.663. The molecule has 9 rings (SSSR count). The summed E-state index contributed by atoms with van der Waals surface area (Å²) in [6, 6.07) is 67.2. The molecule has 7 aromatic carbocycles. The molecule has 0 aliphatic heterocycles. The molecule has 0 bridgehead atoms. The lowest BCUT2D eigenvalue weighted by Gasteiger charge is -2.31. The summed E-state index contributed by atoms with van der Waals surface area (Å²) in [6.45, 7) is 0. The van der Waals surface area contributed by atoms with Crippen LogP contribution in [-0.4, -0.2) is 0 Å². The first-order valence-electron chi connectivity index (χ1n) is 18.3. The van der Waals surface area contributed by atoms with Crippen LogP contribution in [0, 0.1) is 11.8 Å². The van der Waals surface area contributed by atoms with Gasteiger partial charge in [-0.1, -0.05) is 139 Å². The van der Waals surface area contributed by atoms with Gasteiger partial charge in [-0.2, -0.15) is 0 Å². The van der Waals surface area contributed by atoms with Crippen molar-refractivity contribution in [2.24, 2.45) is 0 Å². The van der Waals surface area contributed by atoms with E-state index in [-0.39, 0.29) is 0 Å². The van der Waals surface area contributed by atoms with E-state index in [1.807, 2.05) is 6.07 Å². The zero-order valence-electron chi connectivity index (χ0n) is 29.4. The van der Waals surface area contributed by atoms with Gasteiger partial charge in [0, 0.05) is 39.7 Å². The molecular formula is C51H38N2. The molecule has 2 aliphatic carbocycles. The smallest absolute Gasteiger partial charge is 0.108 e. The Hall–Kier alpha value is -6.82. The standard InChI is InChI=1S/C51H38N2/c1-6-18-39(19-7-1)36-37-51(40-20-8-2-9-21-40)49-29-17-16-28-47(49)48-35-34-46(38-50(48)51)53(43-26-14-5-15-27-43)45-32-30-44(31-33-45)52(41-22-10-3-11-23-41)42-24-12-4-13-25-42/h1-12,14-24,26-35,38H,13,25H2. The van der Waals surface area contributed by atoms with Crippen LogP contribution in [0.15, 0.2) is 212 Å². The van der Waals surface area contributed by atoms with Gasteiger partial charge in [0.1, 0.15) is 5.41 Å². The number of nitrogens with zero attached hydrogens (tertiary/aromatic N) is 2. The highest BCUT2D eigenvalue weighted by atomic mass is 15.2. The molecule has 0 amide bonds. The van der Waals surface area contributed by atoms with Crippen LogP contribution in [0.1, 0.15) is 35.1 Å². The Balaban J connectivity index is 1.21. The summed E-state index contributed by atoms with van der Waals surface area (Å²) in [4.78, 5) is 4.75. The van der Waals surface area contributed by atoms with E-state index >= 15 is 0 Å². The molecule has 1 atom stereocenters. The van der Waals surface area contributed by atoms with Gasteiger partial charge in [-0.25, -0.2) is 0 Å². The second-order valence-electron chi connectivity index (χ2n) is 13.5. The molecule has 0 N–H and O–H groups in total. The van der Waals surface area contributed by atoms with Crippen LogP contribution in [0.2, 0.25) is 0 Å². The number of hydrogen-bond acceptors (Lipinski definition) is 2. The van der Waals surface area contributed by atoms with Gasteiger partial charge in [0.25, 0.3) is 0 Å². The first kappa shape index (κ1) is 32.1. The fraction of sp³-hybridized carbons (Fsp3) is 0.0588. The van der Waals surface area contributed by atoms with Crippen molar-refractivity contribution in [3.8, 4) is 23.0 Å². The number of allylic oxidation sites excluding steroid dienone is 4. The Labute approximate surface area is 312 Å². The van der Waals surface area contributed by atoms with Gasteiger partial charge in [-0.15, -0.1) is 0 Å². The first-order valence-corrected chi connectivity index (χ1v) is 18.3. The van der Waals surface area contributed by atoms with Crippen LogP contribution in [0.3, 0.4) is 0 Å². The molecule has 1 unspecified atom stereocenters. The molecule has 0 saturated heterocycles. The van der Waals surface area contributed by atoms with Crippen molar-refractivity contribution in [2.75, 3.05) is 9.80 Å². The molecule has 252 valence electrons. The van der Waals surface area contributed by atoms with Crippen molar-refractivity contribution < 1.29 is 0 Å². The van der Waals surface area contributed by atoms with Crippen molar-refractivity contribution in [2.45, 2.75) is 18.3 Å². The molecule has 0 saturated carbocycles. The molecule has 2 heteroatoms. The largest absolute Gasteiger partial charge is 0.314 e. The minimum Gasteiger partial charge on any atom is -0.314 e. The monoisotopic (exact) mass is 678 g/mol. The normalized spacial score (nSPS) is 15.4. The molecule has 53 heavy (non-hydrogen) atoms. The van der Waals surface area contributed by atoms with Gasteiger partial charge in [0.15, 0.2) is 0 Å². The summed E-state index contributed by atoms with van der Waals surface area (Å²) < 4.78 is 0. The SMILES string of the molecule is C(#CC1(c2ccccc2)c2ccccc2-c2ccc(N(c3ccccc3)c3ccc(N(C4=CC=CCC4)c4ccccc4)cc3)cc21)c1ccccc1. The third-order valence-corrected chi connectivity index (χ3v) is 10.3. The van der Waals surface area contributed by atoms with Crippen molar-refractivity contribution in [1.82, 2.24) is 0 Å². The Morgan fingerprint density at radius 2 is 0.981 bits per heavy atom. The highest BCUT2D eigenvalue weighted by Crippen LogP contribution is 2.54. The van der Waals surface area contributed by atoms with Gasteiger partial charge >= 0.3 is 0 Å². The fourth-order valence-electron chi connectivity index (χ4n) is 7.91. The highest BCUT2D eigenvalue weighted by Gasteiger charge is 2.44. The van der Waals surface area contributed by atoms with E-state index in [1.165, 1.54) is 28.0 Å². The van der Waals surface area contributed by atoms with Crippen molar-refractivity contribution in [3.05, 3.63) is 234 Å². The summed E-state index contributed by atoms with van der Waals surface area (Å²) in [5, 5.41) is 0. The van der Waals surface area contributed by atoms with Crippen LogP contribution >= 0.6 is 0 Å². The summed E-state index contributed by atoms with van der Waals surface area (Å²) in [6.07, 6.45) is 8.69. The van der Waals surface area contributed by atoms with E-state index in [0.29, 0.717) is 0 Å². The van der Waals surface area contributed by atoms with Gasteiger partial charge in [0.2, 0.25) is 0 Å². The molecule has 2 aliphatic rings. The zero-order chi connectivity index (χ0) is 35.5. The topological polar surface area (TPSA) is 6.48 Å². The van der Waals surface area contributed by atoms with E-state index in [9.17, 15) is 0 Å². The van der Waals surface area contributed by atoms with Gasteiger partial charge in [-0.05, 0) is 120 Å². The van der Waals surface area contributed by atoms with Crippen LogP contribution < -0.4 is 9.80 Å². The molecule has 0 radical (unpaired) electrons. The Kier molecular flexibility index (Phi) is 8.52. The molecule has 0 fully saturated rings. The maximum atomic E-state index is 3.87. The molecule has 0 heterocycles. The summed E-state index contributed by atoms with van der Waals surface area (Å²) in [5.41, 5.74) is 13.2. The Morgan fingerprint density at radius 1 is 0.453 bits per heavy atom. The second-order valence-corrected chi connectivity index (χ2v) is 13.5. The van der Waals surface area contributed by atoms with E-state index in [1.54, 1.807) is 0 Å². The molecule has 0 spiro atoms. The van der Waals surface area contributed by atoms with Gasteiger partial charge in [0.05, 0.1) is 0 Å². The second kappa shape index (κ2) is 14.1. The minimum atomic E-state index is -0.663. The van der Waals surface area contributed by atoms with E-state index < -0.39 is 5.41 Å². The lowest BCUT2D eigenvalue weighted by atomic mass is 9.72. The average Bonchev–Trinajstić information content (AvgIpc) is 3.52. The number of anilines is 5. The van der Waals surface area contributed by atoms with E-state index in [2.05, 4.69) is 222 Å². The zero-order valence-corrected chi connectivity index (χ0v) is 29.4. The predicted octanol–water partition coefficient (Wildman–Crippen LogP) is 12.9. The van der Waals surface area contributed by atoms with Crippen LogP contribution in [0.5, 0.6) is 0 Å². The third kappa shape index (κ3) is 5.93. The maximum Gasteiger partial charge on any atom is 0.108 e. The number of hydrogen-bond donors (Lipinski definition) is 0. The summed E-state index contributed by atoms with van der Waals surface area (Å²) in [7, 11) is 0. The fourth-order valence-corrected chi connectivity index (χ4v) is 7.91. The van der Waals surface area contributed by atoms with E-state index in [4.69, 9.17) is 0 Å². The molecule has 0 aromatic heterocycles. The third-order valence-electron chi connectivity index (χ3n) is 10.3. The number of rotatable bonds is 7. The number of benzene rings is 7. The Bertz CT molecular complexity index is 2490. The van der Waals surface area contributed by atoms with Crippen molar-refractivity contribution in [1.29, 1.82) is 0 Å². The summed E-state index contributed by atoms with van der Waals surface area (Å²) in [5.74, 6) is 7.47. The predicted molar refractivity (Wildman–Crippen MR) is 221 cm³/mol. The quantitative estimate of drug-likeness (QED) is 0.155. The maximum absolute atomic E-state index is 3.87. The van der Waals surface area contributed by atoms with Crippen molar-refractivity contribution >= 4 is 28.4 Å². The molecule has 7 aromatic rings. The van der Waals surface area contributed by atoms with Crippen molar-refractivity contribution in [3.63, 3.8) is 0 Å². The van der Waals surface area contributed by atoms with E-state index in [0.717, 1.165) is 52.4 Å². The number of para-hydroxylation sites is 2. The Morgan fingerprint density at radius 3 is 1.64 bits per heavy atom. The lowest BCUT2D eigenvalue weighted by molar-refractivity contribution is 0.837. The van der Waals surface area contributed by atoms with Gasteiger partial charge < -0.3 is 9.80 Å². The first-order chi connectivity index (χ1) is 26.3. The lowest BCUT2D eigenvalue weighted by Crippen LogP contribution is -2.25. The van der Waals surface area contributed by atoms with Crippen LogP contribution in [0.4, 0.5) is 28.4 Å². The number of fused-ring (bicyclic) bond motifs is 3. The molecular weight excluding hydrogens is 641 g/mol. The van der Waals surface area contributed by atoms with Gasteiger partial charge in [-0.3, -0.25) is 0 Å².